The average molecular weight is 212 g/mol. The minimum atomic E-state index is -0.741. The fraction of sp³-hybridized carbons (Fsp3) is 0.636. The van der Waals surface area contributed by atoms with Crippen LogP contribution in [-0.2, 0) is 11.3 Å². The van der Waals surface area contributed by atoms with Crippen molar-refractivity contribution >= 4 is 5.97 Å². The highest BCUT2D eigenvalue weighted by Crippen LogP contribution is 1.92. The van der Waals surface area contributed by atoms with Gasteiger partial charge in [-0.05, 0) is 6.42 Å². The van der Waals surface area contributed by atoms with Gasteiger partial charge in [0.15, 0.2) is 0 Å². The number of hydrogen-bond acceptors (Lipinski definition) is 2. The molecule has 1 aromatic rings. The van der Waals surface area contributed by atoms with Crippen molar-refractivity contribution in [2.45, 2.75) is 40.2 Å². The number of aryl methyl sites for hydroxylation is 1. The standard InChI is InChI=1S/C7H12N2.C4H8O2/c1-2-3-5-9-6-4-8-7-9;1-3(2)4(5)6/h4,6-7H,2-3,5H2,1H3;3H,1-2H3,(H,5,6). The number of nitrogens with zero attached hydrogens (tertiary/aromatic N) is 2. The van der Waals surface area contributed by atoms with Gasteiger partial charge in [0.2, 0.25) is 0 Å². The van der Waals surface area contributed by atoms with Gasteiger partial charge in [0.05, 0.1) is 12.2 Å². The van der Waals surface area contributed by atoms with E-state index >= 15 is 0 Å². The molecule has 0 saturated carbocycles. The summed E-state index contributed by atoms with van der Waals surface area (Å²) in [6.07, 6.45) is 8.16. The zero-order valence-electron chi connectivity index (χ0n) is 9.68. The van der Waals surface area contributed by atoms with Crippen molar-refractivity contribution in [1.82, 2.24) is 9.55 Å². The Bertz CT molecular complexity index is 256. The Morgan fingerprint density at radius 1 is 1.53 bits per heavy atom. The van der Waals surface area contributed by atoms with Gasteiger partial charge >= 0.3 is 5.97 Å². The molecule has 0 saturated heterocycles. The third kappa shape index (κ3) is 7.73. The van der Waals surface area contributed by atoms with E-state index in [0.717, 1.165) is 6.54 Å². The van der Waals surface area contributed by atoms with Gasteiger partial charge in [-0.3, -0.25) is 4.79 Å². The van der Waals surface area contributed by atoms with E-state index in [1.165, 1.54) is 12.8 Å². The van der Waals surface area contributed by atoms with Crippen LogP contribution in [0.5, 0.6) is 0 Å². The second-order valence-corrected chi connectivity index (χ2v) is 3.65. The van der Waals surface area contributed by atoms with Crippen LogP contribution in [0.1, 0.15) is 33.6 Å². The Labute approximate surface area is 91.0 Å². The predicted octanol–water partition coefficient (Wildman–Crippen LogP) is 2.41. The van der Waals surface area contributed by atoms with Crippen molar-refractivity contribution in [2.75, 3.05) is 0 Å². The van der Waals surface area contributed by atoms with Gasteiger partial charge in [-0.15, -0.1) is 0 Å². The van der Waals surface area contributed by atoms with Gasteiger partial charge < -0.3 is 9.67 Å². The van der Waals surface area contributed by atoms with Crippen LogP contribution in [-0.4, -0.2) is 20.6 Å². The van der Waals surface area contributed by atoms with E-state index < -0.39 is 5.97 Å². The summed E-state index contributed by atoms with van der Waals surface area (Å²) in [6, 6.07) is 0. The number of carboxylic acid groups (broad SMARTS) is 1. The first-order valence-corrected chi connectivity index (χ1v) is 5.26. The van der Waals surface area contributed by atoms with Crippen LogP contribution in [0.15, 0.2) is 18.7 Å². The molecule has 0 radical (unpaired) electrons. The second-order valence-electron chi connectivity index (χ2n) is 3.65. The summed E-state index contributed by atoms with van der Waals surface area (Å²) in [4.78, 5) is 13.6. The maximum atomic E-state index is 9.70. The Balaban J connectivity index is 0.000000288. The van der Waals surface area contributed by atoms with Crippen molar-refractivity contribution in [2.24, 2.45) is 5.92 Å². The molecule has 0 atom stereocenters. The number of aromatic nitrogens is 2. The first kappa shape index (κ1) is 13.7. The molecule has 4 nitrogen and oxygen atoms in total. The molecule has 0 fully saturated rings. The van der Waals surface area contributed by atoms with Gasteiger partial charge in [-0.1, -0.05) is 27.2 Å². The van der Waals surface area contributed by atoms with E-state index in [-0.39, 0.29) is 5.92 Å². The zero-order valence-corrected chi connectivity index (χ0v) is 9.68. The van der Waals surface area contributed by atoms with Crippen molar-refractivity contribution < 1.29 is 9.90 Å². The maximum absolute atomic E-state index is 9.70. The fourth-order valence-corrected chi connectivity index (χ4v) is 0.760. The van der Waals surface area contributed by atoms with Gasteiger partial charge in [0, 0.05) is 18.9 Å². The molecule has 1 N–H and O–H groups in total. The van der Waals surface area contributed by atoms with Crippen LogP contribution in [0, 0.1) is 5.92 Å². The summed E-state index contributed by atoms with van der Waals surface area (Å²) in [5, 5.41) is 7.99. The summed E-state index contributed by atoms with van der Waals surface area (Å²) in [5.41, 5.74) is 0. The minimum absolute atomic E-state index is 0.231. The first-order chi connectivity index (χ1) is 7.07. The molecule has 0 aliphatic heterocycles. The van der Waals surface area contributed by atoms with Crippen LogP contribution >= 0.6 is 0 Å². The maximum Gasteiger partial charge on any atom is 0.305 e. The predicted molar refractivity (Wildman–Crippen MR) is 59.6 cm³/mol. The van der Waals surface area contributed by atoms with Crippen LogP contribution in [0.3, 0.4) is 0 Å². The Kier molecular flexibility index (Phi) is 7.32. The molecule has 4 heteroatoms. The Morgan fingerprint density at radius 3 is 2.47 bits per heavy atom. The zero-order chi connectivity index (χ0) is 11.7. The number of imidazole rings is 1. The molecule has 0 aliphatic carbocycles. The van der Waals surface area contributed by atoms with E-state index in [1.54, 1.807) is 13.8 Å². The quantitative estimate of drug-likeness (QED) is 0.833. The van der Waals surface area contributed by atoms with E-state index in [1.807, 2.05) is 18.7 Å². The second kappa shape index (κ2) is 8.03. The van der Waals surface area contributed by atoms with Gasteiger partial charge in [0.25, 0.3) is 0 Å². The topological polar surface area (TPSA) is 55.1 Å². The fourth-order valence-electron chi connectivity index (χ4n) is 0.760. The average Bonchev–Trinajstić information content (AvgIpc) is 2.68. The first-order valence-electron chi connectivity index (χ1n) is 5.26. The lowest BCUT2D eigenvalue weighted by molar-refractivity contribution is -0.140. The molecule has 0 aliphatic rings. The lowest BCUT2D eigenvalue weighted by Crippen LogP contribution is -2.03. The molecule has 0 bridgehead atoms. The van der Waals surface area contributed by atoms with Crippen molar-refractivity contribution in [1.29, 1.82) is 0 Å². The van der Waals surface area contributed by atoms with Crippen LogP contribution < -0.4 is 0 Å². The third-order valence-electron chi connectivity index (χ3n) is 1.82. The van der Waals surface area contributed by atoms with E-state index in [2.05, 4.69) is 16.5 Å². The molecule has 15 heavy (non-hydrogen) atoms. The minimum Gasteiger partial charge on any atom is -0.481 e. The number of rotatable bonds is 4. The number of aliphatic carboxylic acids is 1. The molecular weight excluding hydrogens is 192 g/mol. The molecule has 86 valence electrons. The highest BCUT2D eigenvalue weighted by Gasteiger charge is 1.99. The number of hydrogen-bond donors (Lipinski definition) is 1. The van der Waals surface area contributed by atoms with Gasteiger partial charge in [-0.2, -0.15) is 0 Å². The largest absolute Gasteiger partial charge is 0.481 e. The third-order valence-corrected chi connectivity index (χ3v) is 1.82. The number of unbranched alkanes of at least 4 members (excludes halogenated alkanes) is 1. The number of carbonyl (C=O) groups is 1. The van der Waals surface area contributed by atoms with Crippen molar-refractivity contribution in [3.8, 4) is 0 Å². The summed E-state index contributed by atoms with van der Waals surface area (Å²) >= 11 is 0. The molecule has 0 amide bonds. The highest BCUT2D eigenvalue weighted by atomic mass is 16.4. The molecule has 0 aromatic carbocycles. The molecule has 1 aromatic heterocycles. The smallest absolute Gasteiger partial charge is 0.305 e. The molecule has 0 unspecified atom stereocenters. The van der Waals surface area contributed by atoms with E-state index in [0.29, 0.717) is 0 Å². The van der Waals surface area contributed by atoms with Crippen molar-refractivity contribution in [3.63, 3.8) is 0 Å². The van der Waals surface area contributed by atoms with Gasteiger partial charge in [-0.25, -0.2) is 4.98 Å². The van der Waals surface area contributed by atoms with Crippen molar-refractivity contribution in [3.05, 3.63) is 18.7 Å². The summed E-state index contributed by atoms with van der Waals surface area (Å²) < 4.78 is 2.10. The van der Waals surface area contributed by atoms with Gasteiger partial charge in [0.1, 0.15) is 0 Å². The van der Waals surface area contributed by atoms with E-state index in [9.17, 15) is 4.79 Å². The Hall–Kier alpha value is -1.32. The summed E-state index contributed by atoms with van der Waals surface area (Å²) in [5.74, 6) is -0.972. The monoisotopic (exact) mass is 212 g/mol. The molecular formula is C11H20N2O2. The summed E-state index contributed by atoms with van der Waals surface area (Å²) in [7, 11) is 0. The summed E-state index contributed by atoms with van der Waals surface area (Å²) in [6.45, 7) is 6.58. The van der Waals surface area contributed by atoms with Crippen LogP contribution in [0.4, 0.5) is 0 Å². The molecule has 0 spiro atoms. The SMILES string of the molecule is CC(C)C(=O)O.CCCCn1ccnc1. The van der Waals surface area contributed by atoms with E-state index in [4.69, 9.17) is 5.11 Å². The molecule has 1 rings (SSSR count). The van der Waals surface area contributed by atoms with Crippen LogP contribution in [0.2, 0.25) is 0 Å². The lowest BCUT2D eigenvalue weighted by Gasteiger charge is -1.96. The lowest BCUT2D eigenvalue weighted by atomic mass is 10.2. The Morgan fingerprint density at radius 2 is 2.13 bits per heavy atom. The molecule has 1 heterocycles. The van der Waals surface area contributed by atoms with Crippen LogP contribution in [0.25, 0.3) is 0 Å². The number of carboxylic acids is 1. The highest BCUT2D eigenvalue weighted by molar-refractivity contribution is 5.68. The normalized spacial score (nSPS) is 9.60.